The highest BCUT2D eigenvalue weighted by molar-refractivity contribution is 9.10. The number of hydrogen-bond acceptors (Lipinski definition) is 3. The maximum Gasteiger partial charge on any atom is 0.310 e. The van der Waals surface area contributed by atoms with Crippen molar-refractivity contribution in [2.75, 3.05) is 5.32 Å². The van der Waals surface area contributed by atoms with Crippen LogP contribution < -0.4 is 5.32 Å². The summed E-state index contributed by atoms with van der Waals surface area (Å²) in [5.41, 5.74) is 1.63. The number of carbonyl (C=O) groups is 2. The summed E-state index contributed by atoms with van der Waals surface area (Å²) in [6.45, 7) is 1.90. The number of benzene rings is 1. The summed E-state index contributed by atoms with van der Waals surface area (Å²) in [6, 6.07) is 5.55. The van der Waals surface area contributed by atoms with Crippen LogP contribution in [-0.4, -0.2) is 29.2 Å². The highest BCUT2D eigenvalue weighted by atomic mass is 79.9. The van der Waals surface area contributed by atoms with Crippen molar-refractivity contribution in [3.8, 4) is 0 Å². The topological polar surface area (TPSA) is 75.6 Å². The van der Waals surface area contributed by atoms with Gasteiger partial charge in [0, 0.05) is 10.2 Å². The number of carboxylic acids is 1. The Morgan fingerprint density at radius 3 is 2.57 bits per heavy atom. The van der Waals surface area contributed by atoms with Gasteiger partial charge in [-0.1, -0.05) is 15.9 Å². The van der Waals surface area contributed by atoms with Crippen LogP contribution in [0.1, 0.15) is 18.4 Å². The van der Waals surface area contributed by atoms with Crippen LogP contribution in [0.5, 0.6) is 0 Å². The highest BCUT2D eigenvalue weighted by Gasteiger charge is 2.55. The van der Waals surface area contributed by atoms with E-state index < -0.39 is 17.8 Å². The molecule has 2 saturated heterocycles. The van der Waals surface area contributed by atoms with Crippen LogP contribution in [-0.2, 0) is 14.3 Å². The molecule has 1 amide bonds. The lowest BCUT2D eigenvalue weighted by Crippen LogP contribution is -2.41. The van der Waals surface area contributed by atoms with E-state index in [0.29, 0.717) is 5.69 Å². The minimum Gasteiger partial charge on any atom is -0.481 e. The molecular formula is C15H16BrNO4. The number of aryl methyl sites for hydroxylation is 1. The SMILES string of the molecule is Cc1cc(Br)ccc1NC(=O)[C@@H]1[C@@H](C(=O)O)[C@@H]2CC[C@@H]1O2. The van der Waals surface area contributed by atoms with Crippen LogP contribution in [0.25, 0.3) is 0 Å². The van der Waals surface area contributed by atoms with Crippen LogP contribution in [0, 0.1) is 18.8 Å². The Bertz CT molecular complexity index is 603. The second-order valence-corrected chi connectivity index (χ2v) is 6.54. The van der Waals surface area contributed by atoms with Crippen LogP contribution in [0.2, 0.25) is 0 Å². The molecule has 2 N–H and O–H groups in total. The number of hydrogen-bond donors (Lipinski definition) is 2. The predicted molar refractivity (Wildman–Crippen MR) is 80.0 cm³/mol. The summed E-state index contributed by atoms with van der Waals surface area (Å²) < 4.78 is 6.55. The molecule has 2 aliphatic rings. The van der Waals surface area contributed by atoms with Crippen molar-refractivity contribution in [3.05, 3.63) is 28.2 Å². The summed E-state index contributed by atoms with van der Waals surface area (Å²) in [5, 5.41) is 12.2. The number of amides is 1. The fourth-order valence-electron chi connectivity index (χ4n) is 3.31. The second kappa shape index (κ2) is 5.42. The molecule has 2 heterocycles. The van der Waals surface area contributed by atoms with Gasteiger partial charge in [-0.3, -0.25) is 9.59 Å². The number of nitrogens with one attached hydrogen (secondary N) is 1. The molecule has 2 fully saturated rings. The molecule has 0 radical (unpaired) electrons. The molecule has 0 unspecified atom stereocenters. The number of rotatable bonds is 3. The number of carboxylic acid groups (broad SMARTS) is 1. The van der Waals surface area contributed by atoms with Gasteiger partial charge in [0.15, 0.2) is 0 Å². The van der Waals surface area contributed by atoms with Gasteiger partial charge in [0.1, 0.15) is 0 Å². The number of fused-ring (bicyclic) bond motifs is 2. The van der Waals surface area contributed by atoms with Crippen LogP contribution in [0.4, 0.5) is 5.69 Å². The van der Waals surface area contributed by atoms with Crippen LogP contribution in [0.15, 0.2) is 22.7 Å². The Kier molecular flexibility index (Phi) is 3.75. The van der Waals surface area contributed by atoms with Crippen LogP contribution >= 0.6 is 15.9 Å². The molecule has 0 aliphatic carbocycles. The molecule has 0 spiro atoms. The normalized spacial score (nSPS) is 30.4. The zero-order chi connectivity index (χ0) is 15.1. The number of aliphatic carboxylic acids is 1. The Morgan fingerprint density at radius 2 is 1.95 bits per heavy atom. The average Bonchev–Trinajstić information content (AvgIpc) is 3.02. The molecule has 1 aromatic carbocycles. The van der Waals surface area contributed by atoms with Gasteiger partial charge in [0.05, 0.1) is 24.0 Å². The predicted octanol–water partition coefficient (Wildman–Crippen LogP) is 2.57. The number of carbonyl (C=O) groups excluding carboxylic acids is 1. The lowest BCUT2D eigenvalue weighted by molar-refractivity contribution is -0.147. The largest absolute Gasteiger partial charge is 0.481 e. The molecule has 1 aromatic rings. The van der Waals surface area contributed by atoms with E-state index in [1.807, 2.05) is 19.1 Å². The molecule has 21 heavy (non-hydrogen) atoms. The van der Waals surface area contributed by atoms with Gasteiger partial charge in [-0.05, 0) is 43.5 Å². The fraction of sp³-hybridized carbons (Fsp3) is 0.467. The van der Waals surface area contributed by atoms with Crippen molar-refractivity contribution in [1.82, 2.24) is 0 Å². The first-order chi connectivity index (χ1) is 9.97. The standard InChI is InChI=1S/C15H16BrNO4/c1-7-6-8(16)2-3-9(7)17-14(18)12-10-4-5-11(21-10)13(12)15(19)20/h2-3,6,10-13H,4-5H2,1H3,(H,17,18)(H,19,20)/t10-,11-,12-,13-/m0/s1. The first-order valence-corrected chi connectivity index (χ1v) is 7.72. The summed E-state index contributed by atoms with van der Waals surface area (Å²) >= 11 is 3.37. The molecule has 112 valence electrons. The number of halogens is 1. The van der Waals surface area contributed by atoms with E-state index in [9.17, 15) is 14.7 Å². The monoisotopic (exact) mass is 353 g/mol. The Hall–Kier alpha value is -1.40. The van der Waals surface area contributed by atoms with Crippen LogP contribution in [0.3, 0.4) is 0 Å². The summed E-state index contributed by atoms with van der Waals surface area (Å²) in [4.78, 5) is 23.9. The number of anilines is 1. The first-order valence-electron chi connectivity index (χ1n) is 6.92. The van der Waals surface area contributed by atoms with Gasteiger partial charge in [0.2, 0.25) is 5.91 Å². The van der Waals surface area contributed by atoms with Gasteiger partial charge >= 0.3 is 5.97 Å². The summed E-state index contributed by atoms with van der Waals surface area (Å²) in [6.07, 6.45) is 0.885. The molecule has 0 aromatic heterocycles. The van der Waals surface area contributed by atoms with Gasteiger partial charge in [-0.2, -0.15) is 0 Å². The molecule has 3 rings (SSSR count). The third-order valence-electron chi connectivity index (χ3n) is 4.31. The lowest BCUT2D eigenvalue weighted by atomic mass is 9.78. The highest BCUT2D eigenvalue weighted by Crippen LogP contribution is 2.44. The molecule has 2 aliphatic heterocycles. The molecular weight excluding hydrogens is 338 g/mol. The van der Waals surface area contributed by atoms with Crippen molar-refractivity contribution < 1.29 is 19.4 Å². The summed E-state index contributed by atoms with van der Waals surface area (Å²) in [7, 11) is 0. The summed E-state index contributed by atoms with van der Waals surface area (Å²) in [5.74, 6) is -2.56. The van der Waals surface area contributed by atoms with Crippen molar-refractivity contribution in [1.29, 1.82) is 0 Å². The molecule has 6 heteroatoms. The van der Waals surface area contributed by atoms with E-state index in [0.717, 1.165) is 22.9 Å². The van der Waals surface area contributed by atoms with E-state index in [1.165, 1.54) is 0 Å². The van der Waals surface area contributed by atoms with Crippen molar-refractivity contribution in [2.24, 2.45) is 11.8 Å². The minimum absolute atomic E-state index is 0.264. The van der Waals surface area contributed by atoms with Gasteiger partial charge in [-0.25, -0.2) is 0 Å². The minimum atomic E-state index is -0.949. The third kappa shape index (κ3) is 2.58. The molecule has 4 atom stereocenters. The van der Waals surface area contributed by atoms with Gasteiger partial charge < -0.3 is 15.2 Å². The van der Waals surface area contributed by atoms with Crippen molar-refractivity contribution in [2.45, 2.75) is 32.0 Å². The Morgan fingerprint density at radius 1 is 1.29 bits per heavy atom. The molecule has 2 bridgehead atoms. The fourth-order valence-corrected chi connectivity index (χ4v) is 3.78. The zero-order valence-electron chi connectivity index (χ0n) is 11.5. The maximum atomic E-state index is 12.5. The zero-order valence-corrected chi connectivity index (χ0v) is 13.1. The van der Waals surface area contributed by atoms with E-state index >= 15 is 0 Å². The van der Waals surface area contributed by atoms with E-state index in [-0.39, 0.29) is 18.1 Å². The van der Waals surface area contributed by atoms with Gasteiger partial charge in [-0.15, -0.1) is 0 Å². The molecule has 5 nitrogen and oxygen atoms in total. The quantitative estimate of drug-likeness (QED) is 0.875. The average molecular weight is 354 g/mol. The Labute approximate surface area is 130 Å². The van der Waals surface area contributed by atoms with Crippen molar-refractivity contribution in [3.63, 3.8) is 0 Å². The van der Waals surface area contributed by atoms with Crippen molar-refractivity contribution >= 4 is 33.5 Å². The Balaban J connectivity index is 1.80. The second-order valence-electron chi connectivity index (χ2n) is 5.63. The number of ether oxygens (including phenoxy) is 1. The maximum absolute atomic E-state index is 12.5. The molecule has 0 saturated carbocycles. The smallest absolute Gasteiger partial charge is 0.310 e. The third-order valence-corrected chi connectivity index (χ3v) is 4.80. The van der Waals surface area contributed by atoms with E-state index in [1.54, 1.807) is 6.07 Å². The lowest BCUT2D eigenvalue weighted by Gasteiger charge is -2.24. The van der Waals surface area contributed by atoms with E-state index in [2.05, 4.69) is 21.2 Å². The van der Waals surface area contributed by atoms with Gasteiger partial charge in [0.25, 0.3) is 0 Å². The first kappa shape index (κ1) is 14.5. The van der Waals surface area contributed by atoms with E-state index in [4.69, 9.17) is 4.74 Å².